The van der Waals surface area contributed by atoms with Gasteiger partial charge < -0.3 is 25.6 Å². The molecule has 4 N–H and O–H groups in total. The standard InChI is InChI=1S/C39H45F4N7O5/c1-38(2,34-12-13-50(47-34)28-18-27(40)19-44-20-28)49-15-14-48(31(22-49)37(54)45-24-39(41,42)43)21-29(51)17-26(16-25-8-4-3-5-9-25)36(53)46-35-30-10-6-7-11-33(30)55-23-32(35)52/h3-13,18-20,26,29,31-32,35,51-52H,14-17,21-24H2,1-2H3,(H,45,54)(H,46,53)/t26-,29-,31-,32+,35-/m0/s1. The van der Waals surface area contributed by atoms with E-state index in [1.807, 2.05) is 54.4 Å². The van der Waals surface area contributed by atoms with Crippen LogP contribution in [0.15, 0.2) is 85.3 Å². The van der Waals surface area contributed by atoms with E-state index in [1.165, 1.54) is 16.9 Å². The summed E-state index contributed by atoms with van der Waals surface area (Å²) in [6, 6.07) is 17.6. The molecule has 1 fully saturated rings. The topological polar surface area (TPSA) is 145 Å². The highest BCUT2D eigenvalue weighted by Gasteiger charge is 2.42. The van der Waals surface area contributed by atoms with E-state index in [2.05, 4.69) is 15.4 Å². The van der Waals surface area contributed by atoms with E-state index >= 15 is 0 Å². The molecule has 1 saturated heterocycles. The Hall–Kier alpha value is -4.90. The molecule has 2 aromatic heterocycles. The van der Waals surface area contributed by atoms with E-state index in [0.717, 1.165) is 11.8 Å². The van der Waals surface area contributed by atoms with Crippen LogP contribution in [0.5, 0.6) is 5.75 Å². The van der Waals surface area contributed by atoms with Crippen LogP contribution in [0.3, 0.4) is 0 Å². The average molecular weight is 768 g/mol. The number of piperazine rings is 1. The van der Waals surface area contributed by atoms with Gasteiger partial charge in [-0.1, -0.05) is 48.5 Å². The number of alkyl halides is 3. The lowest BCUT2D eigenvalue weighted by Crippen LogP contribution is -2.63. The van der Waals surface area contributed by atoms with Crippen molar-refractivity contribution in [3.63, 3.8) is 0 Å². The first-order valence-electron chi connectivity index (χ1n) is 18.1. The van der Waals surface area contributed by atoms with Crippen molar-refractivity contribution in [1.29, 1.82) is 0 Å². The molecular weight excluding hydrogens is 722 g/mol. The third-order valence-electron chi connectivity index (χ3n) is 10.3. The number of hydrogen-bond acceptors (Lipinski definition) is 9. The number of aliphatic hydroxyl groups excluding tert-OH is 2. The lowest BCUT2D eigenvalue weighted by Gasteiger charge is -2.47. The van der Waals surface area contributed by atoms with E-state index in [9.17, 15) is 37.4 Å². The quantitative estimate of drug-likeness (QED) is 0.150. The van der Waals surface area contributed by atoms with Gasteiger partial charge in [0.1, 0.15) is 36.9 Å². The molecule has 2 aliphatic heterocycles. The Balaban J connectivity index is 1.19. The largest absolute Gasteiger partial charge is 0.490 e. The molecule has 0 aliphatic carbocycles. The van der Waals surface area contributed by atoms with Gasteiger partial charge >= 0.3 is 6.18 Å². The van der Waals surface area contributed by atoms with Gasteiger partial charge in [-0.25, -0.2) is 9.07 Å². The second kappa shape index (κ2) is 16.9. The van der Waals surface area contributed by atoms with Crippen LogP contribution in [-0.2, 0) is 21.5 Å². The predicted molar refractivity (Wildman–Crippen MR) is 193 cm³/mol. The molecule has 55 heavy (non-hydrogen) atoms. The predicted octanol–water partition coefficient (Wildman–Crippen LogP) is 3.53. The van der Waals surface area contributed by atoms with Crippen molar-refractivity contribution in [1.82, 2.24) is 35.2 Å². The number of β-amino-alcohol motifs (C(OH)–C–C–N with tert-alkyl or cyclic N) is 1. The number of benzene rings is 2. The molecule has 0 spiro atoms. The molecular formula is C39H45F4N7O5. The summed E-state index contributed by atoms with van der Waals surface area (Å²) in [5, 5.41) is 31.9. The maximum Gasteiger partial charge on any atom is 0.405 e. The number of para-hydroxylation sites is 1. The zero-order valence-electron chi connectivity index (χ0n) is 30.5. The molecule has 2 amide bonds. The summed E-state index contributed by atoms with van der Waals surface area (Å²) in [7, 11) is 0. The van der Waals surface area contributed by atoms with Gasteiger partial charge in [0.2, 0.25) is 11.8 Å². The van der Waals surface area contributed by atoms with Gasteiger partial charge in [-0.3, -0.25) is 24.4 Å². The highest BCUT2D eigenvalue weighted by atomic mass is 19.4. The van der Waals surface area contributed by atoms with E-state index < -0.39 is 66.1 Å². The third-order valence-corrected chi connectivity index (χ3v) is 10.3. The second-order valence-corrected chi connectivity index (χ2v) is 14.5. The number of nitrogens with one attached hydrogen (secondary N) is 2. The zero-order chi connectivity index (χ0) is 39.3. The van der Waals surface area contributed by atoms with Crippen LogP contribution in [0.2, 0.25) is 0 Å². The summed E-state index contributed by atoms with van der Waals surface area (Å²) in [5.41, 5.74) is 1.63. The van der Waals surface area contributed by atoms with Crippen LogP contribution in [0.1, 0.15) is 43.1 Å². The van der Waals surface area contributed by atoms with E-state index in [-0.39, 0.29) is 39.1 Å². The molecule has 0 bridgehead atoms. The zero-order valence-corrected chi connectivity index (χ0v) is 30.5. The van der Waals surface area contributed by atoms with Crippen LogP contribution >= 0.6 is 0 Å². The van der Waals surface area contributed by atoms with Crippen LogP contribution < -0.4 is 15.4 Å². The Labute approximate surface area is 316 Å². The van der Waals surface area contributed by atoms with Crippen molar-refractivity contribution in [2.24, 2.45) is 5.92 Å². The summed E-state index contributed by atoms with van der Waals surface area (Å²) >= 11 is 0. The number of carbonyl (C=O) groups is 2. The first kappa shape index (κ1) is 39.8. The van der Waals surface area contributed by atoms with Crippen molar-refractivity contribution in [2.75, 3.05) is 39.3 Å². The number of halogens is 4. The van der Waals surface area contributed by atoms with Crippen LogP contribution in [0.25, 0.3) is 5.69 Å². The minimum atomic E-state index is -4.64. The Bertz CT molecular complexity index is 1930. The molecule has 0 saturated carbocycles. The summed E-state index contributed by atoms with van der Waals surface area (Å²) in [6.45, 7) is 2.70. The van der Waals surface area contributed by atoms with Crippen molar-refractivity contribution >= 4 is 11.8 Å². The number of hydrogen-bond donors (Lipinski definition) is 4. The Morgan fingerprint density at radius 2 is 1.78 bits per heavy atom. The number of fused-ring (bicyclic) bond motifs is 1. The average Bonchev–Trinajstić information content (AvgIpc) is 3.67. The smallest absolute Gasteiger partial charge is 0.405 e. The van der Waals surface area contributed by atoms with Crippen LogP contribution in [-0.4, -0.2) is 110 Å². The maximum absolute atomic E-state index is 14.0. The Kier molecular flexibility index (Phi) is 12.2. The Morgan fingerprint density at radius 1 is 1.04 bits per heavy atom. The number of aliphatic hydroxyl groups is 2. The molecule has 294 valence electrons. The molecule has 16 heteroatoms. The van der Waals surface area contributed by atoms with Gasteiger partial charge in [-0.05, 0) is 44.4 Å². The minimum absolute atomic E-state index is 0.00672. The number of ether oxygens (including phenoxy) is 1. The summed E-state index contributed by atoms with van der Waals surface area (Å²) < 4.78 is 60.7. The number of nitrogens with zero attached hydrogens (tertiary/aromatic N) is 5. The van der Waals surface area contributed by atoms with Crippen LogP contribution in [0, 0.1) is 11.7 Å². The maximum atomic E-state index is 14.0. The van der Waals surface area contributed by atoms with Gasteiger partial charge in [0, 0.05) is 49.9 Å². The first-order valence-corrected chi connectivity index (χ1v) is 18.1. The van der Waals surface area contributed by atoms with E-state index in [1.54, 1.807) is 41.4 Å². The normalized spacial score (nSPS) is 20.5. The van der Waals surface area contributed by atoms with Crippen molar-refractivity contribution in [3.05, 3.63) is 108 Å². The first-order chi connectivity index (χ1) is 26.2. The van der Waals surface area contributed by atoms with Crippen LogP contribution in [0.4, 0.5) is 17.6 Å². The molecule has 4 heterocycles. The molecule has 4 aromatic rings. The highest BCUT2D eigenvalue weighted by molar-refractivity contribution is 5.82. The monoisotopic (exact) mass is 767 g/mol. The SMILES string of the molecule is CC(C)(c1ccn(-c2cncc(F)c2)n1)N1CCN(C[C@@H](O)C[C@H](Cc2ccccc2)C(=O)N[C@H]2c3ccccc3OC[C@H]2O)[C@H](C(=O)NCC(F)(F)F)C1. The molecule has 0 unspecified atom stereocenters. The number of pyridine rings is 1. The second-order valence-electron chi connectivity index (χ2n) is 14.5. The summed E-state index contributed by atoms with van der Waals surface area (Å²) in [4.78, 5) is 34.9. The van der Waals surface area contributed by atoms with Gasteiger partial charge in [-0.2, -0.15) is 18.3 Å². The van der Waals surface area contributed by atoms with Crippen molar-refractivity contribution in [3.8, 4) is 11.4 Å². The summed E-state index contributed by atoms with van der Waals surface area (Å²) in [5.74, 6) is -2.00. The number of aromatic nitrogens is 3. The van der Waals surface area contributed by atoms with Gasteiger partial charge in [-0.15, -0.1) is 0 Å². The highest BCUT2D eigenvalue weighted by Crippen LogP contribution is 2.33. The van der Waals surface area contributed by atoms with E-state index in [0.29, 0.717) is 29.2 Å². The Morgan fingerprint density at radius 3 is 2.53 bits per heavy atom. The fourth-order valence-electron chi connectivity index (χ4n) is 7.23. The van der Waals surface area contributed by atoms with Crippen molar-refractivity contribution in [2.45, 2.75) is 62.7 Å². The molecule has 2 aromatic carbocycles. The minimum Gasteiger partial charge on any atom is -0.490 e. The lowest BCUT2D eigenvalue weighted by atomic mass is 9.90. The number of carbonyl (C=O) groups excluding carboxylic acids is 2. The number of rotatable bonds is 13. The fraction of sp³-hybridized carbons (Fsp3) is 0.436. The molecule has 6 rings (SSSR count). The molecule has 0 radical (unpaired) electrons. The van der Waals surface area contributed by atoms with E-state index in [4.69, 9.17) is 4.74 Å². The lowest BCUT2D eigenvalue weighted by molar-refractivity contribution is -0.144. The number of amides is 2. The fourth-order valence-corrected chi connectivity index (χ4v) is 7.23. The molecule has 5 atom stereocenters. The third kappa shape index (κ3) is 9.86. The van der Waals surface area contributed by atoms with Gasteiger partial charge in [0.05, 0.1) is 41.5 Å². The molecule has 2 aliphatic rings. The van der Waals surface area contributed by atoms with Crippen molar-refractivity contribution < 1.29 is 42.1 Å². The summed E-state index contributed by atoms with van der Waals surface area (Å²) in [6.07, 6.45) is -2.38. The van der Waals surface area contributed by atoms with Gasteiger partial charge in [0.15, 0.2) is 0 Å². The van der Waals surface area contributed by atoms with Gasteiger partial charge in [0.25, 0.3) is 0 Å². The molecule has 12 nitrogen and oxygen atoms in total.